The van der Waals surface area contributed by atoms with E-state index in [1.165, 1.54) is 90.7 Å². The van der Waals surface area contributed by atoms with E-state index in [2.05, 4.69) is 21.3 Å². The molecule has 5 aromatic carbocycles. The molecule has 1 aliphatic carbocycles. The molecule has 12 rings (SSSR count). The lowest BCUT2D eigenvalue weighted by molar-refractivity contribution is -0.302. The second-order valence-corrected chi connectivity index (χ2v) is 36.4. The third-order valence-electron chi connectivity index (χ3n) is 25.2. The molecule has 5 aromatic rings. The number of nitrogens with zero attached hydrogens (tertiary/aromatic N) is 4. The van der Waals surface area contributed by atoms with Crippen molar-refractivity contribution in [2.24, 2.45) is 17.1 Å². The fourth-order valence-corrected chi connectivity index (χ4v) is 18.0. The average Bonchev–Trinajstić information content (AvgIpc) is 1.57. The molecule has 816 valence electrons. The Morgan fingerprint density at radius 2 is 0.993 bits per heavy atom. The number of anilines is 3. The highest BCUT2D eigenvalue weighted by Gasteiger charge is 2.61. The summed E-state index contributed by atoms with van der Waals surface area (Å²) in [7, 11) is 4.72. The standard InChI is InChI=1S/C101H127N9O40/c1-53(2)79(104-54(3)111)90(120)106-70(51-139-97-86(146-59(8)116)82(144-57(6)114)80(142-55(4)112)84(149-97)95(125)131-12)89(119)105-65-24-23-64(67(42-65)88(118)103-30-34-134-36-38-136-40-39-135-37-35-133-33-29-102)50-141-100(128)110-72-46-78(76(130-11)44-69(72)92(122)108-52-101(27-28-101)47-74(108)94(110)124)138-32-18-14-17-31-137-77-45-71-68(43-75(77)129-10)91(121)107-48-63-20-16-15-19-62(63)41-73(107)93(123)109(71)99(127)140-49-61-21-25-66(26-22-61)148-98-87(147-60(9)117)83(145-58(7)115)81(143-56(5)113)85(150-98)96(126)132-13/h15-16,19-26,42-46,53,70,73-74,79-87,93-94,97-98,123-124H,14,17-18,27-41,47-52,102H2,1-13H3,(H,103,118)(H,104,111)(H,105,119)(H,106,120)/t70-,73-,74-,79-,80-,81-,82-,83-,84-,85-,86+,87+,93-,94-,97+,98+/m0/s1. The summed E-state index contributed by atoms with van der Waals surface area (Å²) in [5.74, 6) is -12.8. The summed E-state index contributed by atoms with van der Waals surface area (Å²) >= 11 is 0. The van der Waals surface area contributed by atoms with Gasteiger partial charge < -0.3 is 151 Å². The number of benzene rings is 5. The van der Waals surface area contributed by atoms with Gasteiger partial charge in [0.1, 0.15) is 31.0 Å². The molecule has 0 radical (unpaired) electrons. The van der Waals surface area contributed by atoms with Gasteiger partial charge in [0, 0.05) is 104 Å². The summed E-state index contributed by atoms with van der Waals surface area (Å²) in [5, 5.41) is 35.8. The zero-order chi connectivity index (χ0) is 108. The van der Waals surface area contributed by atoms with Gasteiger partial charge in [0.2, 0.25) is 30.1 Å². The van der Waals surface area contributed by atoms with Crippen molar-refractivity contribution in [1.29, 1.82) is 0 Å². The summed E-state index contributed by atoms with van der Waals surface area (Å²) in [5.41, 5.74) is 6.39. The molecule has 49 heteroatoms. The fourth-order valence-electron chi connectivity index (χ4n) is 18.0. The van der Waals surface area contributed by atoms with Crippen LogP contribution in [0.15, 0.2) is 91.0 Å². The number of carbonyl (C=O) groups excluding carboxylic acids is 16. The molecular formula is C101H127N9O40. The average molecular weight is 2110 g/mol. The Morgan fingerprint density at radius 3 is 1.50 bits per heavy atom. The largest absolute Gasteiger partial charge is 0.493 e. The number of hydrogen-bond acceptors (Lipinski definition) is 41. The highest BCUT2D eigenvalue weighted by atomic mass is 16.8. The molecule has 6 aliphatic heterocycles. The molecule has 0 bridgehead atoms. The Morgan fingerprint density at radius 1 is 0.507 bits per heavy atom. The molecule has 1 spiro atoms. The van der Waals surface area contributed by atoms with E-state index in [9.17, 15) is 67.7 Å². The van der Waals surface area contributed by atoms with Crippen LogP contribution in [-0.2, 0) is 159 Å². The van der Waals surface area contributed by atoms with Crippen molar-refractivity contribution >= 4 is 112 Å². The van der Waals surface area contributed by atoms with E-state index in [0.717, 1.165) is 96.5 Å². The maximum absolute atomic E-state index is 15.3. The number of carbonyl (C=O) groups is 16. The van der Waals surface area contributed by atoms with Crippen LogP contribution in [0.2, 0.25) is 0 Å². The summed E-state index contributed by atoms with van der Waals surface area (Å²) < 4.78 is 125. The summed E-state index contributed by atoms with van der Waals surface area (Å²) in [4.78, 5) is 224. The van der Waals surface area contributed by atoms with Crippen molar-refractivity contribution in [3.8, 4) is 28.7 Å². The summed E-state index contributed by atoms with van der Waals surface area (Å²) in [6.07, 6.45) is -20.6. The molecule has 6 heterocycles. The predicted molar refractivity (Wildman–Crippen MR) is 515 cm³/mol. The number of methoxy groups -OCH3 is 4. The Hall–Kier alpha value is -14.2. The molecule has 150 heavy (non-hydrogen) atoms. The SMILES string of the molecule is COC(=O)[C@H]1O[C@@H](OC[C@H](NC(=O)[C@@H](NC(C)=O)C(C)C)C(=O)Nc2ccc(COC(=O)N3c4cc(OCCCCCOc5cc6c(cc5OC)C(=O)N5Cc7ccccc7C[C@H]5[C@H](O)N6C(=O)OCc5ccc(O[C@@H]6O[C@H](C(=O)OC)[C@@H](OC(C)=O)[C@H](OC(C)=O)[C@H]6OC(C)=O)cc5)c(OC)cc4C(=O)N4CC5(CC5)C[C@H]4[C@@H]3O)c(C(=O)NCCOCCOCCOCCOCCN)c2)[C@H](OC(C)=O)[C@@H](OC(C)=O)[C@@H]1OC(C)=O. The van der Waals surface area contributed by atoms with Gasteiger partial charge in [-0.1, -0.05) is 56.3 Å². The van der Waals surface area contributed by atoms with E-state index in [4.69, 9.17) is 110 Å². The molecule has 4 fully saturated rings. The first-order valence-corrected chi connectivity index (χ1v) is 48.6. The van der Waals surface area contributed by atoms with Crippen molar-refractivity contribution in [3.63, 3.8) is 0 Å². The van der Waals surface area contributed by atoms with Gasteiger partial charge in [0.15, 0.2) is 84.5 Å². The maximum Gasteiger partial charge on any atom is 0.416 e. The maximum atomic E-state index is 15.3. The van der Waals surface area contributed by atoms with Crippen LogP contribution in [0.4, 0.5) is 26.7 Å². The van der Waals surface area contributed by atoms with Crippen LogP contribution in [0, 0.1) is 11.3 Å². The molecule has 0 aromatic heterocycles. The van der Waals surface area contributed by atoms with Gasteiger partial charge in [-0.15, -0.1) is 0 Å². The van der Waals surface area contributed by atoms with Gasteiger partial charge in [0.25, 0.3) is 17.7 Å². The molecule has 8 N–H and O–H groups in total. The minimum atomic E-state index is -1.99. The summed E-state index contributed by atoms with van der Waals surface area (Å²) in [6, 6.07) is 17.5. The number of amides is 8. The molecule has 8 amide bonds. The minimum Gasteiger partial charge on any atom is -0.493 e. The predicted octanol–water partition coefficient (Wildman–Crippen LogP) is 3.96. The van der Waals surface area contributed by atoms with Gasteiger partial charge in [-0.3, -0.25) is 57.5 Å². The molecule has 1 saturated carbocycles. The summed E-state index contributed by atoms with van der Waals surface area (Å²) in [6.45, 7) is 10.6. The molecule has 3 saturated heterocycles. The van der Waals surface area contributed by atoms with Crippen molar-refractivity contribution < 1.29 is 191 Å². The molecule has 49 nitrogen and oxygen atoms in total. The third-order valence-corrected chi connectivity index (χ3v) is 25.2. The van der Waals surface area contributed by atoms with Crippen LogP contribution in [0.25, 0.3) is 0 Å². The van der Waals surface area contributed by atoms with Crippen molar-refractivity contribution in [2.45, 2.75) is 225 Å². The van der Waals surface area contributed by atoms with E-state index < -0.39 is 219 Å². The lowest BCUT2D eigenvalue weighted by atomic mass is 9.93. The van der Waals surface area contributed by atoms with Crippen LogP contribution >= 0.6 is 0 Å². The van der Waals surface area contributed by atoms with E-state index in [0.29, 0.717) is 57.6 Å². The number of aliphatic hydroxyl groups excluding tert-OH is 2. The molecule has 16 atom stereocenters. The lowest BCUT2D eigenvalue weighted by Crippen LogP contribution is -2.64. The Kier molecular flexibility index (Phi) is 40.7. The number of fused-ring (bicyclic) bond motifs is 5. The number of rotatable bonds is 48. The highest BCUT2D eigenvalue weighted by molar-refractivity contribution is 6.08. The Labute approximate surface area is 862 Å². The zero-order valence-electron chi connectivity index (χ0n) is 85.2. The topological polar surface area (TPSA) is 604 Å². The van der Waals surface area contributed by atoms with Crippen LogP contribution in [-0.4, -0.2) is 334 Å². The zero-order valence-corrected chi connectivity index (χ0v) is 85.2. The fraction of sp³-hybridized carbons (Fsp3) is 0.545. The van der Waals surface area contributed by atoms with Crippen LogP contribution < -0.4 is 60.5 Å². The van der Waals surface area contributed by atoms with E-state index in [1.807, 2.05) is 24.3 Å². The van der Waals surface area contributed by atoms with Gasteiger partial charge in [-0.25, -0.2) is 29.0 Å². The minimum absolute atomic E-state index is 0.00187. The monoisotopic (exact) mass is 2110 g/mol. The number of nitrogens with one attached hydrogen (secondary N) is 4. The van der Waals surface area contributed by atoms with E-state index >= 15 is 19.2 Å². The van der Waals surface area contributed by atoms with Crippen LogP contribution in [0.3, 0.4) is 0 Å². The quantitative estimate of drug-likeness (QED) is 0.0165. The second kappa shape index (κ2) is 53.3. The normalized spacial score (nSPS) is 22.0. The number of unbranched alkanes of at least 4 members (excludes halogenated alkanes) is 2. The lowest BCUT2D eigenvalue weighted by Gasteiger charge is -2.43. The first kappa shape index (κ1) is 115. The number of nitrogens with two attached hydrogens (primary N) is 1. The van der Waals surface area contributed by atoms with E-state index in [1.54, 1.807) is 13.8 Å². The van der Waals surface area contributed by atoms with Crippen molar-refractivity contribution in [1.82, 2.24) is 25.8 Å². The van der Waals surface area contributed by atoms with Crippen molar-refractivity contribution in [3.05, 3.63) is 130 Å². The number of esters is 8. The smallest absolute Gasteiger partial charge is 0.416 e. The third kappa shape index (κ3) is 29.3. The number of ether oxygens (including phenoxy) is 22. The van der Waals surface area contributed by atoms with Gasteiger partial charge in [-0.05, 0) is 109 Å². The highest BCUT2D eigenvalue weighted by Crippen LogP contribution is 2.57. The van der Waals surface area contributed by atoms with Gasteiger partial charge >= 0.3 is 59.9 Å². The van der Waals surface area contributed by atoms with Crippen molar-refractivity contribution in [2.75, 3.05) is 136 Å². The molecule has 0 unspecified atom stereocenters. The van der Waals surface area contributed by atoms with Crippen LogP contribution in [0.1, 0.15) is 154 Å². The van der Waals surface area contributed by atoms with Gasteiger partial charge in [0.05, 0.1) is 136 Å². The molecular weight excluding hydrogens is 1980 g/mol. The molecule has 7 aliphatic rings. The van der Waals surface area contributed by atoms with Crippen LogP contribution in [0.5, 0.6) is 28.7 Å². The van der Waals surface area contributed by atoms with E-state index in [-0.39, 0.29) is 146 Å². The van der Waals surface area contributed by atoms with Gasteiger partial charge in [-0.2, -0.15) is 0 Å². The first-order valence-electron chi connectivity index (χ1n) is 48.6. The second-order valence-electron chi connectivity index (χ2n) is 36.4. The number of aliphatic hydroxyl groups is 2. The first-order chi connectivity index (χ1) is 71.8. The Bertz CT molecular complexity index is 5690. The Balaban J connectivity index is 0.760. The number of hydrogen-bond donors (Lipinski definition) is 7.